The van der Waals surface area contributed by atoms with E-state index in [9.17, 15) is 14.4 Å². The van der Waals surface area contributed by atoms with Gasteiger partial charge in [0.1, 0.15) is 0 Å². The minimum atomic E-state index is -0.495. The van der Waals surface area contributed by atoms with Gasteiger partial charge in [-0.05, 0) is 54.5 Å². The molecule has 1 heterocycles. The van der Waals surface area contributed by atoms with Crippen LogP contribution in [0.3, 0.4) is 0 Å². The lowest BCUT2D eigenvalue weighted by atomic mass is 10.1. The maximum absolute atomic E-state index is 12.8. The van der Waals surface area contributed by atoms with Gasteiger partial charge in [0.2, 0.25) is 5.91 Å². The van der Waals surface area contributed by atoms with Crippen molar-refractivity contribution in [2.45, 2.75) is 25.9 Å². The maximum Gasteiger partial charge on any atom is 0.337 e. The molecule has 0 aliphatic heterocycles. The van der Waals surface area contributed by atoms with Crippen molar-refractivity contribution in [1.29, 1.82) is 0 Å². The highest BCUT2D eigenvalue weighted by Crippen LogP contribution is 2.12. The number of hydrogen-bond donors (Lipinski definition) is 2. The number of nitrogens with one attached hydrogen (secondary N) is 2. The van der Waals surface area contributed by atoms with Crippen LogP contribution in [0.25, 0.3) is 10.9 Å². The van der Waals surface area contributed by atoms with Crippen molar-refractivity contribution in [1.82, 2.24) is 14.9 Å². The molecule has 0 aliphatic carbocycles. The Labute approximate surface area is 182 Å². The van der Waals surface area contributed by atoms with E-state index in [-0.39, 0.29) is 22.7 Å². The van der Waals surface area contributed by atoms with Crippen LogP contribution in [-0.4, -0.2) is 28.5 Å². The number of carbonyl (C=O) groups excluding carboxylic acids is 2. The molecule has 0 saturated heterocycles. The molecule has 0 radical (unpaired) electrons. The number of hydrogen-bond acceptors (Lipinski definition) is 5. The molecular weight excluding hydrogens is 426 g/mol. The second-order valence-electron chi connectivity index (χ2n) is 6.65. The zero-order chi connectivity index (χ0) is 21.7. The SMILES string of the molecule is COC(=O)c1ccc2c(=O)n(CCCC(=O)NCc3ccc(Cl)cc3)c(=S)[nH]c2c1. The molecule has 156 valence electrons. The molecule has 7 nitrogen and oxygen atoms in total. The molecule has 0 fully saturated rings. The van der Waals surface area contributed by atoms with E-state index in [2.05, 4.69) is 10.3 Å². The van der Waals surface area contributed by atoms with Crippen molar-refractivity contribution in [3.63, 3.8) is 0 Å². The van der Waals surface area contributed by atoms with E-state index in [4.69, 9.17) is 28.6 Å². The fourth-order valence-electron chi connectivity index (χ4n) is 2.99. The first-order chi connectivity index (χ1) is 14.4. The Morgan fingerprint density at radius 3 is 2.63 bits per heavy atom. The number of carbonyl (C=O) groups is 2. The molecular formula is C21H20ClN3O4S. The maximum atomic E-state index is 12.8. The van der Waals surface area contributed by atoms with E-state index in [1.807, 2.05) is 12.1 Å². The Hall–Kier alpha value is -2.97. The molecule has 2 N–H and O–H groups in total. The van der Waals surface area contributed by atoms with Crippen LogP contribution < -0.4 is 10.9 Å². The number of amides is 1. The second kappa shape index (κ2) is 9.69. The summed E-state index contributed by atoms with van der Waals surface area (Å²) in [4.78, 5) is 39.5. The van der Waals surface area contributed by atoms with Gasteiger partial charge in [-0.1, -0.05) is 23.7 Å². The lowest BCUT2D eigenvalue weighted by Gasteiger charge is -2.09. The molecule has 0 atom stereocenters. The molecule has 0 unspecified atom stereocenters. The monoisotopic (exact) mass is 445 g/mol. The summed E-state index contributed by atoms with van der Waals surface area (Å²) in [5, 5.41) is 3.89. The second-order valence-corrected chi connectivity index (χ2v) is 7.47. The first kappa shape index (κ1) is 21.7. The van der Waals surface area contributed by atoms with Crippen molar-refractivity contribution in [3.05, 3.63) is 73.7 Å². The largest absolute Gasteiger partial charge is 0.465 e. The third kappa shape index (κ3) is 5.14. The Kier molecular flexibility index (Phi) is 7.02. The van der Waals surface area contributed by atoms with Gasteiger partial charge in [-0.25, -0.2) is 4.79 Å². The summed E-state index contributed by atoms with van der Waals surface area (Å²) in [6.07, 6.45) is 0.712. The molecule has 1 amide bonds. The first-order valence-corrected chi connectivity index (χ1v) is 10.0. The average molecular weight is 446 g/mol. The van der Waals surface area contributed by atoms with Crippen LogP contribution >= 0.6 is 23.8 Å². The molecule has 3 rings (SSSR count). The number of methoxy groups -OCH3 is 1. The van der Waals surface area contributed by atoms with Crippen LogP contribution in [0.5, 0.6) is 0 Å². The summed E-state index contributed by atoms with van der Waals surface area (Å²) < 4.78 is 6.34. The van der Waals surface area contributed by atoms with E-state index in [0.29, 0.717) is 41.0 Å². The molecule has 1 aromatic heterocycles. The number of aromatic amines is 1. The number of aromatic nitrogens is 2. The molecule has 3 aromatic rings. The average Bonchev–Trinajstić information content (AvgIpc) is 2.74. The van der Waals surface area contributed by atoms with Crippen molar-refractivity contribution >= 4 is 46.6 Å². The minimum Gasteiger partial charge on any atom is -0.465 e. The summed E-state index contributed by atoms with van der Waals surface area (Å²) in [6, 6.07) is 11.9. The van der Waals surface area contributed by atoms with Crippen LogP contribution in [0, 0.1) is 4.77 Å². The normalized spacial score (nSPS) is 10.7. The Bertz CT molecular complexity index is 1200. The van der Waals surface area contributed by atoms with Crippen molar-refractivity contribution in [2.75, 3.05) is 7.11 Å². The zero-order valence-corrected chi connectivity index (χ0v) is 17.8. The van der Waals surface area contributed by atoms with Gasteiger partial charge < -0.3 is 15.0 Å². The number of rotatable bonds is 7. The zero-order valence-electron chi connectivity index (χ0n) is 16.2. The third-order valence-corrected chi connectivity index (χ3v) is 5.17. The molecule has 30 heavy (non-hydrogen) atoms. The number of ether oxygens (including phenoxy) is 1. The highest BCUT2D eigenvalue weighted by molar-refractivity contribution is 7.71. The Balaban J connectivity index is 1.63. The van der Waals surface area contributed by atoms with Crippen molar-refractivity contribution < 1.29 is 14.3 Å². The predicted molar refractivity (Wildman–Crippen MR) is 117 cm³/mol. The summed E-state index contributed by atoms with van der Waals surface area (Å²) in [6.45, 7) is 0.714. The van der Waals surface area contributed by atoms with Gasteiger partial charge in [-0.15, -0.1) is 0 Å². The predicted octanol–water partition coefficient (Wildman–Crippen LogP) is 3.60. The molecule has 0 spiro atoms. The van der Waals surface area contributed by atoms with Crippen molar-refractivity contribution in [3.8, 4) is 0 Å². The van der Waals surface area contributed by atoms with E-state index in [1.165, 1.54) is 23.8 Å². The van der Waals surface area contributed by atoms with Crippen LogP contribution in [-0.2, 0) is 22.6 Å². The highest BCUT2D eigenvalue weighted by Gasteiger charge is 2.11. The van der Waals surface area contributed by atoms with Gasteiger partial charge in [-0.2, -0.15) is 0 Å². The molecule has 0 aliphatic rings. The van der Waals surface area contributed by atoms with Crippen LogP contribution in [0.2, 0.25) is 5.02 Å². The van der Waals surface area contributed by atoms with E-state index < -0.39 is 5.97 Å². The highest BCUT2D eigenvalue weighted by atomic mass is 35.5. The smallest absolute Gasteiger partial charge is 0.337 e. The van der Waals surface area contributed by atoms with Gasteiger partial charge >= 0.3 is 5.97 Å². The summed E-state index contributed by atoms with van der Waals surface area (Å²) >= 11 is 11.1. The topological polar surface area (TPSA) is 93.2 Å². The Morgan fingerprint density at radius 2 is 1.93 bits per heavy atom. The molecule has 0 bridgehead atoms. The van der Waals surface area contributed by atoms with Gasteiger partial charge in [0.05, 0.1) is 23.6 Å². The summed E-state index contributed by atoms with van der Waals surface area (Å²) in [5.41, 5.74) is 1.47. The quantitative estimate of drug-likeness (QED) is 0.428. The number of halogens is 1. The first-order valence-electron chi connectivity index (χ1n) is 9.25. The number of benzene rings is 2. The lowest BCUT2D eigenvalue weighted by molar-refractivity contribution is -0.121. The third-order valence-electron chi connectivity index (χ3n) is 4.59. The fraction of sp³-hybridized carbons (Fsp3) is 0.238. The minimum absolute atomic E-state index is 0.114. The van der Waals surface area contributed by atoms with Crippen LogP contribution in [0.4, 0.5) is 0 Å². The lowest BCUT2D eigenvalue weighted by Crippen LogP contribution is -2.25. The van der Waals surface area contributed by atoms with Gasteiger partial charge in [0.25, 0.3) is 5.56 Å². The van der Waals surface area contributed by atoms with Crippen molar-refractivity contribution in [2.24, 2.45) is 0 Å². The van der Waals surface area contributed by atoms with Gasteiger partial charge in [0.15, 0.2) is 4.77 Å². The van der Waals surface area contributed by atoms with E-state index in [1.54, 1.807) is 18.2 Å². The number of H-pyrrole nitrogens is 1. The number of nitrogens with zero attached hydrogens (tertiary/aromatic N) is 1. The fourth-order valence-corrected chi connectivity index (χ4v) is 3.40. The van der Waals surface area contributed by atoms with Crippen LogP contribution in [0.15, 0.2) is 47.3 Å². The molecule has 0 saturated carbocycles. The number of fused-ring (bicyclic) bond motifs is 1. The number of esters is 1. The molecule has 9 heteroatoms. The van der Waals surface area contributed by atoms with Gasteiger partial charge in [0, 0.05) is 24.5 Å². The Morgan fingerprint density at radius 1 is 1.20 bits per heavy atom. The van der Waals surface area contributed by atoms with Gasteiger partial charge in [-0.3, -0.25) is 14.2 Å². The van der Waals surface area contributed by atoms with E-state index >= 15 is 0 Å². The summed E-state index contributed by atoms with van der Waals surface area (Å²) in [5.74, 6) is -0.610. The van der Waals surface area contributed by atoms with Crippen LogP contribution in [0.1, 0.15) is 28.8 Å². The summed E-state index contributed by atoms with van der Waals surface area (Å²) in [7, 11) is 1.29. The van der Waals surface area contributed by atoms with E-state index in [0.717, 1.165) is 5.56 Å². The standard InChI is InChI=1S/C21H20ClN3O4S/c1-29-20(28)14-6-9-16-17(11-14)24-21(30)25(19(16)27)10-2-3-18(26)23-12-13-4-7-15(22)8-5-13/h4-9,11H,2-3,10,12H2,1H3,(H,23,26)(H,24,30). The molecule has 2 aromatic carbocycles.